The molecule has 2 aliphatic heterocycles. The minimum Gasteiger partial charge on any atom is -0.383 e. The van der Waals surface area contributed by atoms with Crippen LogP contribution in [0.15, 0.2) is 66.7 Å². The fraction of sp³-hybridized carbons (Fsp3) is 0.400. The molecule has 2 aliphatic rings. The summed E-state index contributed by atoms with van der Waals surface area (Å²) in [6.45, 7) is 4.84. The predicted octanol–water partition coefficient (Wildman–Crippen LogP) is 2.44. The number of aliphatic hydroxyl groups is 1. The first kappa shape index (κ1) is 20.8. The van der Waals surface area contributed by atoms with E-state index in [2.05, 4.69) is 16.8 Å². The van der Waals surface area contributed by atoms with Gasteiger partial charge in [-0.25, -0.2) is 0 Å². The zero-order valence-electron chi connectivity index (χ0n) is 17.7. The number of nitrogens with zero attached hydrogens (tertiary/aromatic N) is 3. The highest BCUT2D eigenvalue weighted by Crippen LogP contribution is 2.36. The lowest BCUT2D eigenvalue weighted by Crippen LogP contribution is -2.64. The number of likely N-dealkylation sites (N-methyl/N-ethyl adjacent to an activating group) is 1. The van der Waals surface area contributed by atoms with E-state index in [0.717, 1.165) is 37.3 Å². The number of carbonyl (C=O) groups is 1. The van der Waals surface area contributed by atoms with Crippen molar-refractivity contribution in [3.05, 3.63) is 77.9 Å². The van der Waals surface area contributed by atoms with Gasteiger partial charge >= 0.3 is 0 Å². The Morgan fingerprint density at radius 3 is 2.27 bits per heavy atom. The van der Waals surface area contributed by atoms with Crippen LogP contribution in [0.4, 0.5) is 0 Å². The summed E-state index contributed by atoms with van der Waals surface area (Å²) in [6, 6.07) is 19.7. The molecule has 0 radical (unpaired) electrons. The van der Waals surface area contributed by atoms with Crippen LogP contribution < -0.4 is 0 Å². The summed E-state index contributed by atoms with van der Waals surface area (Å²) in [5.41, 5.74) is 1.01. The molecule has 0 aliphatic carbocycles. The van der Waals surface area contributed by atoms with Gasteiger partial charge in [-0.3, -0.25) is 9.69 Å². The van der Waals surface area contributed by atoms with Crippen molar-refractivity contribution in [3.8, 4) is 0 Å². The second kappa shape index (κ2) is 9.13. The molecule has 2 saturated heterocycles. The van der Waals surface area contributed by atoms with Crippen LogP contribution in [0.25, 0.3) is 6.08 Å². The molecule has 0 spiro atoms. The number of rotatable bonds is 4. The Kier molecular flexibility index (Phi) is 6.32. The van der Waals surface area contributed by atoms with E-state index < -0.39 is 5.60 Å². The van der Waals surface area contributed by atoms with E-state index >= 15 is 0 Å². The number of hydrogen-bond acceptors (Lipinski definition) is 4. The molecule has 4 rings (SSSR count). The van der Waals surface area contributed by atoms with E-state index in [4.69, 9.17) is 0 Å². The van der Waals surface area contributed by atoms with E-state index in [1.54, 1.807) is 6.08 Å². The summed E-state index contributed by atoms with van der Waals surface area (Å²) >= 11 is 0. The Bertz CT molecular complexity index is 862. The van der Waals surface area contributed by atoms with Crippen molar-refractivity contribution in [3.63, 3.8) is 0 Å². The maximum absolute atomic E-state index is 12.9. The smallest absolute Gasteiger partial charge is 0.246 e. The average Bonchev–Trinajstić information content (AvgIpc) is 2.80. The minimum absolute atomic E-state index is 0.00749. The molecule has 2 fully saturated rings. The quantitative estimate of drug-likeness (QED) is 0.794. The summed E-state index contributed by atoms with van der Waals surface area (Å²) < 4.78 is 0. The second-order valence-electron chi connectivity index (χ2n) is 8.42. The van der Waals surface area contributed by atoms with Gasteiger partial charge in [-0.15, -0.1) is 0 Å². The van der Waals surface area contributed by atoms with Crippen molar-refractivity contribution < 1.29 is 9.90 Å². The van der Waals surface area contributed by atoms with Gasteiger partial charge < -0.3 is 14.9 Å². The lowest BCUT2D eigenvalue weighted by atomic mass is 9.79. The molecule has 30 heavy (non-hydrogen) atoms. The third-order valence-corrected chi connectivity index (χ3v) is 6.49. The van der Waals surface area contributed by atoms with E-state index in [0.29, 0.717) is 19.5 Å². The van der Waals surface area contributed by atoms with Gasteiger partial charge in [0.25, 0.3) is 0 Å². The van der Waals surface area contributed by atoms with Gasteiger partial charge in [-0.1, -0.05) is 60.7 Å². The van der Waals surface area contributed by atoms with Crippen molar-refractivity contribution in [2.24, 2.45) is 0 Å². The van der Waals surface area contributed by atoms with Crippen LogP contribution in [0.1, 0.15) is 17.5 Å². The number of amides is 1. The predicted molar refractivity (Wildman–Crippen MR) is 120 cm³/mol. The highest BCUT2D eigenvalue weighted by molar-refractivity contribution is 5.91. The topological polar surface area (TPSA) is 47.0 Å². The highest BCUT2D eigenvalue weighted by atomic mass is 16.3. The molecule has 1 N–H and O–H groups in total. The van der Waals surface area contributed by atoms with Crippen LogP contribution in [-0.2, 0) is 10.4 Å². The van der Waals surface area contributed by atoms with E-state index in [1.807, 2.05) is 71.6 Å². The first-order valence-corrected chi connectivity index (χ1v) is 10.8. The molecular weight excluding hydrogens is 374 g/mol. The lowest BCUT2D eigenvalue weighted by molar-refractivity contribution is -0.140. The van der Waals surface area contributed by atoms with Crippen molar-refractivity contribution in [2.45, 2.75) is 18.1 Å². The normalized spacial score (nSPS) is 26.2. The van der Waals surface area contributed by atoms with Gasteiger partial charge in [-0.2, -0.15) is 0 Å². The Balaban J connectivity index is 1.54. The summed E-state index contributed by atoms with van der Waals surface area (Å²) in [6.07, 6.45) is 4.06. The van der Waals surface area contributed by atoms with Gasteiger partial charge in [-0.05, 0) is 30.7 Å². The molecule has 5 heteroatoms. The Labute approximate surface area is 179 Å². The summed E-state index contributed by atoms with van der Waals surface area (Å²) in [7, 11) is 2.13. The number of piperazine rings is 1. The van der Waals surface area contributed by atoms with E-state index in [9.17, 15) is 9.90 Å². The molecule has 1 amide bonds. The third kappa shape index (κ3) is 4.48. The standard InChI is InChI=1S/C25H31N3O2/c1-26-16-18-27(19-17-26)23-20-28(24(29)13-12-21-8-4-2-5-9-21)15-14-25(23,30)22-10-6-3-7-11-22/h2-13,23,30H,14-20H2,1H3/t23-,25+/m1/s1. The molecule has 2 atom stereocenters. The average molecular weight is 406 g/mol. The number of hydrogen-bond donors (Lipinski definition) is 1. The molecular formula is C25H31N3O2. The molecule has 5 nitrogen and oxygen atoms in total. The number of piperidine rings is 1. The van der Waals surface area contributed by atoms with Gasteiger partial charge in [0, 0.05) is 45.3 Å². The molecule has 158 valence electrons. The largest absolute Gasteiger partial charge is 0.383 e. The maximum atomic E-state index is 12.9. The zero-order valence-corrected chi connectivity index (χ0v) is 17.7. The first-order chi connectivity index (χ1) is 14.6. The van der Waals surface area contributed by atoms with E-state index in [-0.39, 0.29) is 11.9 Å². The fourth-order valence-electron chi connectivity index (χ4n) is 4.57. The monoisotopic (exact) mass is 405 g/mol. The summed E-state index contributed by atoms with van der Waals surface area (Å²) in [5.74, 6) is 0.00749. The van der Waals surface area contributed by atoms with Crippen molar-refractivity contribution in [2.75, 3.05) is 46.3 Å². The number of benzene rings is 2. The second-order valence-corrected chi connectivity index (χ2v) is 8.42. The van der Waals surface area contributed by atoms with Gasteiger partial charge in [0.15, 0.2) is 0 Å². The highest BCUT2D eigenvalue weighted by Gasteiger charge is 2.46. The van der Waals surface area contributed by atoms with Crippen molar-refractivity contribution >= 4 is 12.0 Å². The number of likely N-dealkylation sites (tertiary alicyclic amines) is 1. The summed E-state index contributed by atoms with van der Waals surface area (Å²) in [4.78, 5) is 19.5. The van der Waals surface area contributed by atoms with Gasteiger partial charge in [0.05, 0.1) is 6.04 Å². The maximum Gasteiger partial charge on any atom is 0.246 e. The lowest BCUT2D eigenvalue weighted by Gasteiger charge is -2.51. The van der Waals surface area contributed by atoms with Crippen LogP contribution in [0.2, 0.25) is 0 Å². The first-order valence-electron chi connectivity index (χ1n) is 10.8. The van der Waals surface area contributed by atoms with Crippen molar-refractivity contribution in [1.82, 2.24) is 14.7 Å². The fourth-order valence-corrected chi connectivity index (χ4v) is 4.57. The molecule has 2 heterocycles. The Hall–Kier alpha value is -2.47. The van der Waals surface area contributed by atoms with E-state index in [1.165, 1.54) is 0 Å². The number of carbonyl (C=O) groups excluding carboxylic acids is 1. The van der Waals surface area contributed by atoms with Crippen LogP contribution in [0.3, 0.4) is 0 Å². The molecule has 0 aromatic heterocycles. The van der Waals surface area contributed by atoms with Gasteiger partial charge in [0.2, 0.25) is 5.91 Å². The van der Waals surface area contributed by atoms with Crippen LogP contribution in [-0.4, -0.2) is 78.1 Å². The summed E-state index contributed by atoms with van der Waals surface area (Å²) in [5, 5.41) is 11.8. The van der Waals surface area contributed by atoms with Crippen LogP contribution in [0.5, 0.6) is 0 Å². The Morgan fingerprint density at radius 2 is 1.60 bits per heavy atom. The molecule has 0 unspecified atom stereocenters. The zero-order chi connectivity index (χ0) is 21.0. The Morgan fingerprint density at radius 1 is 0.967 bits per heavy atom. The third-order valence-electron chi connectivity index (χ3n) is 6.49. The SMILES string of the molecule is CN1CCN([C@@H]2CN(C(=O)C=Cc3ccccc3)CC[C@]2(O)c2ccccc2)CC1. The van der Waals surface area contributed by atoms with Crippen LogP contribution >= 0.6 is 0 Å². The van der Waals surface area contributed by atoms with Crippen molar-refractivity contribution in [1.29, 1.82) is 0 Å². The molecule has 2 aromatic rings. The van der Waals surface area contributed by atoms with Crippen LogP contribution in [0, 0.1) is 0 Å². The molecule has 0 bridgehead atoms. The molecule has 2 aromatic carbocycles. The molecule has 0 saturated carbocycles. The minimum atomic E-state index is -0.947. The van der Waals surface area contributed by atoms with Gasteiger partial charge in [0.1, 0.15) is 5.60 Å².